The van der Waals surface area contributed by atoms with Crippen molar-refractivity contribution in [2.45, 2.75) is 12.8 Å². The Hall–Kier alpha value is -0.180. The number of hydrogen-bond donors (Lipinski definition) is 1. The number of halogens is 2. The van der Waals surface area contributed by atoms with Crippen LogP contribution in [0.2, 0.25) is 10.0 Å². The maximum atomic E-state index is 10.6. The molecule has 13 heavy (non-hydrogen) atoms. The molecule has 0 spiro atoms. The second-order valence-corrected chi connectivity index (χ2v) is 3.91. The molecule has 0 aliphatic heterocycles. The van der Waals surface area contributed by atoms with Crippen molar-refractivity contribution in [1.29, 1.82) is 0 Å². The SMILES string of the molecule is O=C(S)CCc1c(Cl)cccc1Cl. The minimum atomic E-state index is -0.156. The van der Waals surface area contributed by atoms with E-state index >= 15 is 0 Å². The summed E-state index contributed by atoms with van der Waals surface area (Å²) < 4.78 is 0. The summed E-state index contributed by atoms with van der Waals surface area (Å²) in [5.74, 6) is 0. The standard InChI is InChI=1S/C9H8Cl2OS/c10-7-2-1-3-8(11)6(7)4-5-9(12)13/h1-3H,4-5H2,(H,12,13). The van der Waals surface area contributed by atoms with Gasteiger partial charge in [-0.2, -0.15) is 0 Å². The number of carbonyl (C=O) groups excluding carboxylic acids is 1. The lowest BCUT2D eigenvalue weighted by atomic mass is 10.1. The van der Waals surface area contributed by atoms with Gasteiger partial charge in [-0.1, -0.05) is 29.3 Å². The van der Waals surface area contributed by atoms with Gasteiger partial charge in [0.15, 0.2) is 5.12 Å². The van der Waals surface area contributed by atoms with E-state index in [-0.39, 0.29) is 5.12 Å². The number of rotatable bonds is 3. The number of thiol groups is 1. The molecule has 4 heteroatoms. The van der Waals surface area contributed by atoms with Crippen LogP contribution >= 0.6 is 35.8 Å². The van der Waals surface area contributed by atoms with Crippen molar-refractivity contribution in [2.24, 2.45) is 0 Å². The van der Waals surface area contributed by atoms with Crippen LogP contribution in [0.5, 0.6) is 0 Å². The van der Waals surface area contributed by atoms with Crippen molar-refractivity contribution in [2.75, 3.05) is 0 Å². The zero-order valence-electron chi connectivity index (χ0n) is 6.76. The topological polar surface area (TPSA) is 17.1 Å². The highest BCUT2D eigenvalue weighted by Gasteiger charge is 2.06. The third-order valence-corrected chi connectivity index (χ3v) is 2.58. The molecule has 0 heterocycles. The lowest BCUT2D eigenvalue weighted by molar-refractivity contribution is -0.110. The molecule has 0 unspecified atom stereocenters. The van der Waals surface area contributed by atoms with Gasteiger partial charge in [0, 0.05) is 16.5 Å². The van der Waals surface area contributed by atoms with E-state index in [1.807, 2.05) is 0 Å². The summed E-state index contributed by atoms with van der Waals surface area (Å²) in [5.41, 5.74) is 0.813. The molecule has 0 amide bonds. The predicted molar refractivity (Wildman–Crippen MR) is 58.8 cm³/mol. The molecule has 1 aromatic carbocycles. The Balaban J connectivity index is 2.81. The maximum Gasteiger partial charge on any atom is 0.186 e. The smallest absolute Gasteiger partial charge is 0.186 e. The molecule has 1 rings (SSSR count). The maximum absolute atomic E-state index is 10.6. The molecule has 0 atom stereocenters. The molecule has 0 radical (unpaired) electrons. The molecule has 0 fully saturated rings. The van der Waals surface area contributed by atoms with Crippen LogP contribution in [0.25, 0.3) is 0 Å². The van der Waals surface area contributed by atoms with E-state index < -0.39 is 0 Å². The Morgan fingerprint density at radius 3 is 2.31 bits per heavy atom. The monoisotopic (exact) mass is 234 g/mol. The fourth-order valence-electron chi connectivity index (χ4n) is 1.00. The van der Waals surface area contributed by atoms with E-state index in [0.29, 0.717) is 22.9 Å². The Bertz CT molecular complexity index is 305. The number of carbonyl (C=O) groups is 1. The number of benzene rings is 1. The van der Waals surface area contributed by atoms with Gasteiger partial charge < -0.3 is 0 Å². The van der Waals surface area contributed by atoms with E-state index in [0.717, 1.165) is 5.56 Å². The molecular weight excluding hydrogens is 227 g/mol. The Morgan fingerprint density at radius 2 is 1.85 bits per heavy atom. The van der Waals surface area contributed by atoms with Gasteiger partial charge in [0.05, 0.1) is 0 Å². The van der Waals surface area contributed by atoms with Crippen molar-refractivity contribution in [3.05, 3.63) is 33.8 Å². The van der Waals surface area contributed by atoms with Crippen LogP contribution in [0, 0.1) is 0 Å². The van der Waals surface area contributed by atoms with Gasteiger partial charge in [-0.25, -0.2) is 0 Å². The molecule has 0 aromatic heterocycles. The Labute approximate surface area is 92.4 Å². The van der Waals surface area contributed by atoms with Crippen LogP contribution in [0.1, 0.15) is 12.0 Å². The third kappa shape index (κ3) is 3.22. The van der Waals surface area contributed by atoms with Crippen molar-refractivity contribution >= 4 is 40.9 Å². The van der Waals surface area contributed by atoms with Crippen molar-refractivity contribution < 1.29 is 4.79 Å². The number of hydrogen-bond acceptors (Lipinski definition) is 1. The first kappa shape index (κ1) is 10.9. The second kappa shape index (κ2) is 4.89. The minimum Gasteiger partial charge on any atom is -0.287 e. The van der Waals surface area contributed by atoms with Crippen molar-refractivity contribution in [3.63, 3.8) is 0 Å². The van der Waals surface area contributed by atoms with Crippen LogP contribution in [0.15, 0.2) is 18.2 Å². The highest BCUT2D eigenvalue weighted by molar-refractivity contribution is 7.96. The zero-order chi connectivity index (χ0) is 9.84. The van der Waals surface area contributed by atoms with Crippen LogP contribution in [-0.2, 0) is 11.2 Å². The van der Waals surface area contributed by atoms with Gasteiger partial charge in [-0.3, -0.25) is 4.79 Å². The Morgan fingerprint density at radius 1 is 1.31 bits per heavy atom. The second-order valence-electron chi connectivity index (χ2n) is 2.59. The molecule has 0 N–H and O–H groups in total. The summed E-state index contributed by atoms with van der Waals surface area (Å²) in [6, 6.07) is 5.29. The third-order valence-electron chi connectivity index (χ3n) is 1.65. The van der Waals surface area contributed by atoms with Crippen LogP contribution in [0.3, 0.4) is 0 Å². The normalized spacial score (nSPS) is 10.1. The first-order valence-corrected chi connectivity index (χ1v) is 4.96. The van der Waals surface area contributed by atoms with Crippen LogP contribution in [-0.4, -0.2) is 5.12 Å². The van der Waals surface area contributed by atoms with Gasteiger partial charge in [-0.15, -0.1) is 12.6 Å². The fraction of sp³-hybridized carbons (Fsp3) is 0.222. The quantitative estimate of drug-likeness (QED) is 0.794. The molecule has 1 aromatic rings. The molecule has 0 saturated heterocycles. The molecule has 0 aliphatic rings. The summed E-state index contributed by atoms with van der Waals surface area (Å²) >= 11 is 15.5. The van der Waals surface area contributed by atoms with E-state index in [1.54, 1.807) is 18.2 Å². The van der Waals surface area contributed by atoms with Gasteiger partial charge >= 0.3 is 0 Å². The van der Waals surface area contributed by atoms with E-state index in [4.69, 9.17) is 23.2 Å². The minimum absolute atomic E-state index is 0.156. The Kier molecular flexibility index (Phi) is 4.10. The molecule has 0 aliphatic carbocycles. The largest absolute Gasteiger partial charge is 0.287 e. The van der Waals surface area contributed by atoms with Crippen LogP contribution < -0.4 is 0 Å². The van der Waals surface area contributed by atoms with Crippen LogP contribution in [0.4, 0.5) is 0 Å². The highest BCUT2D eigenvalue weighted by atomic mass is 35.5. The molecule has 70 valence electrons. The van der Waals surface area contributed by atoms with Crippen molar-refractivity contribution in [3.8, 4) is 0 Å². The summed E-state index contributed by atoms with van der Waals surface area (Å²) in [7, 11) is 0. The highest BCUT2D eigenvalue weighted by Crippen LogP contribution is 2.25. The molecule has 0 saturated carbocycles. The van der Waals surface area contributed by atoms with Gasteiger partial charge in [-0.05, 0) is 24.1 Å². The summed E-state index contributed by atoms with van der Waals surface area (Å²) in [6.07, 6.45) is 0.896. The molecule has 0 bridgehead atoms. The molecule has 1 nitrogen and oxygen atoms in total. The lowest BCUT2D eigenvalue weighted by Crippen LogP contribution is -1.93. The summed E-state index contributed by atoms with van der Waals surface area (Å²) in [5, 5.41) is 1.04. The lowest BCUT2D eigenvalue weighted by Gasteiger charge is -2.04. The zero-order valence-corrected chi connectivity index (χ0v) is 9.16. The summed E-state index contributed by atoms with van der Waals surface area (Å²) in [4.78, 5) is 10.6. The van der Waals surface area contributed by atoms with Gasteiger partial charge in [0.25, 0.3) is 0 Å². The van der Waals surface area contributed by atoms with E-state index in [1.165, 1.54) is 0 Å². The van der Waals surface area contributed by atoms with E-state index in [9.17, 15) is 4.79 Å². The average Bonchev–Trinajstić information content (AvgIpc) is 2.03. The van der Waals surface area contributed by atoms with Gasteiger partial charge in [0.1, 0.15) is 0 Å². The fourth-order valence-corrected chi connectivity index (χ4v) is 1.70. The van der Waals surface area contributed by atoms with Gasteiger partial charge in [0.2, 0.25) is 0 Å². The summed E-state index contributed by atoms with van der Waals surface area (Å²) in [6.45, 7) is 0. The molecular formula is C9H8Cl2OS. The first-order valence-electron chi connectivity index (χ1n) is 3.76. The first-order chi connectivity index (χ1) is 6.11. The average molecular weight is 235 g/mol. The predicted octanol–water partition coefficient (Wildman–Crippen LogP) is 3.38. The van der Waals surface area contributed by atoms with Crippen molar-refractivity contribution in [1.82, 2.24) is 0 Å². The van der Waals surface area contributed by atoms with E-state index in [2.05, 4.69) is 12.6 Å².